The van der Waals surface area contributed by atoms with Crippen LogP contribution < -0.4 is 4.83 Å². The van der Waals surface area contributed by atoms with E-state index in [4.69, 9.17) is 0 Å². The predicted molar refractivity (Wildman–Crippen MR) is 105 cm³/mol. The summed E-state index contributed by atoms with van der Waals surface area (Å²) in [6, 6.07) is 20.0. The van der Waals surface area contributed by atoms with E-state index in [0.717, 1.165) is 10.6 Å². The number of nitrogens with one attached hydrogen (secondary N) is 1. The van der Waals surface area contributed by atoms with Gasteiger partial charge >= 0.3 is 0 Å². The number of carbonyl (C=O) groups is 1. The number of aryl methyl sites for hydroxylation is 1. The summed E-state index contributed by atoms with van der Waals surface area (Å²) >= 11 is 0. The van der Waals surface area contributed by atoms with Crippen LogP contribution in [0.4, 0.5) is 4.39 Å². The number of halogens is 1. The Kier molecular flexibility index (Phi) is 5.58. The van der Waals surface area contributed by atoms with Crippen molar-refractivity contribution in [3.63, 3.8) is 0 Å². The number of carbonyl (C=O) groups excluding carboxylic acids is 1. The minimum absolute atomic E-state index is 0.00402. The summed E-state index contributed by atoms with van der Waals surface area (Å²) in [5.74, 6) is -1.48. The molecule has 144 valence electrons. The monoisotopic (exact) mass is 398 g/mol. The minimum Gasteiger partial charge on any atom is -0.267 e. The topological polar surface area (TPSA) is 66.5 Å². The van der Waals surface area contributed by atoms with Crippen molar-refractivity contribution in [2.75, 3.05) is 7.05 Å². The van der Waals surface area contributed by atoms with Gasteiger partial charge in [0, 0.05) is 7.05 Å². The van der Waals surface area contributed by atoms with Crippen LogP contribution in [0.25, 0.3) is 11.1 Å². The first-order valence-electron chi connectivity index (χ1n) is 8.51. The third-order valence-corrected chi connectivity index (χ3v) is 5.61. The highest BCUT2D eigenvalue weighted by molar-refractivity contribution is 7.89. The molecule has 0 fully saturated rings. The lowest BCUT2D eigenvalue weighted by Gasteiger charge is -2.19. The Morgan fingerprint density at radius 2 is 1.50 bits per heavy atom. The van der Waals surface area contributed by atoms with Crippen LogP contribution in [0.1, 0.15) is 15.9 Å². The normalized spacial score (nSPS) is 11.2. The van der Waals surface area contributed by atoms with E-state index in [0.29, 0.717) is 11.1 Å². The SMILES string of the molecule is Cc1cc(-c2ccccc2)cc(C(=O)N(C)NS(=O)(=O)c2ccccc2)c1F. The van der Waals surface area contributed by atoms with Crippen molar-refractivity contribution in [3.05, 3.63) is 89.7 Å². The molecule has 1 amide bonds. The maximum absolute atomic E-state index is 14.6. The number of benzene rings is 3. The molecule has 0 atom stereocenters. The number of hydrazine groups is 1. The average Bonchev–Trinajstić information content (AvgIpc) is 2.70. The van der Waals surface area contributed by atoms with Gasteiger partial charge in [0.25, 0.3) is 15.9 Å². The van der Waals surface area contributed by atoms with Crippen LogP contribution >= 0.6 is 0 Å². The molecule has 0 spiro atoms. The van der Waals surface area contributed by atoms with Gasteiger partial charge in [-0.05, 0) is 47.9 Å². The van der Waals surface area contributed by atoms with Gasteiger partial charge in [-0.15, -0.1) is 4.83 Å². The molecule has 0 heterocycles. The molecule has 28 heavy (non-hydrogen) atoms. The number of amides is 1. The van der Waals surface area contributed by atoms with E-state index in [1.807, 2.05) is 30.3 Å². The number of hydrogen-bond acceptors (Lipinski definition) is 3. The van der Waals surface area contributed by atoms with Gasteiger partial charge in [0.15, 0.2) is 0 Å². The first-order chi connectivity index (χ1) is 13.3. The summed E-state index contributed by atoms with van der Waals surface area (Å²) in [7, 11) is -2.72. The van der Waals surface area contributed by atoms with Crippen LogP contribution in [0.3, 0.4) is 0 Å². The number of rotatable bonds is 5. The molecule has 5 nitrogen and oxygen atoms in total. The first-order valence-corrected chi connectivity index (χ1v) is 9.99. The Morgan fingerprint density at radius 3 is 2.11 bits per heavy atom. The van der Waals surface area contributed by atoms with E-state index in [2.05, 4.69) is 4.83 Å². The predicted octanol–water partition coefficient (Wildman–Crippen LogP) is 3.77. The molecule has 1 N–H and O–H groups in total. The lowest BCUT2D eigenvalue weighted by molar-refractivity contribution is 0.0759. The fraction of sp³-hybridized carbons (Fsp3) is 0.0952. The van der Waals surface area contributed by atoms with Crippen molar-refractivity contribution in [1.82, 2.24) is 9.84 Å². The zero-order chi connectivity index (χ0) is 20.3. The van der Waals surface area contributed by atoms with Crippen LogP contribution in [0.2, 0.25) is 0 Å². The van der Waals surface area contributed by atoms with Gasteiger partial charge in [-0.25, -0.2) is 12.8 Å². The molecule has 0 bridgehead atoms. The van der Waals surface area contributed by atoms with Crippen LogP contribution in [0, 0.1) is 12.7 Å². The lowest BCUT2D eigenvalue weighted by atomic mass is 9.99. The number of sulfonamides is 1. The Morgan fingerprint density at radius 1 is 0.929 bits per heavy atom. The van der Waals surface area contributed by atoms with E-state index in [-0.39, 0.29) is 10.5 Å². The highest BCUT2D eigenvalue weighted by Gasteiger charge is 2.23. The Labute approximate surface area is 163 Å². The molecular formula is C21H19FN2O3S. The molecular weight excluding hydrogens is 379 g/mol. The molecule has 0 saturated heterocycles. The Hall–Kier alpha value is -3.03. The molecule has 0 saturated carbocycles. The smallest absolute Gasteiger partial charge is 0.267 e. The molecule has 0 aliphatic rings. The molecule has 0 unspecified atom stereocenters. The quantitative estimate of drug-likeness (QED) is 0.666. The number of nitrogens with zero attached hydrogens (tertiary/aromatic N) is 1. The number of hydrogen-bond donors (Lipinski definition) is 1. The van der Waals surface area contributed by atoms with Crippen molar-refractivity contribution in [2.45, 2.75) is 11.8 Å². The molecule has 0 aromatic heterocycles. The summed E-state index contributed by atoms with van der Waals surface area (Å²) in [5, 5.41) is 0.773. The summed E-state index contributed by atoms with van der Waals surface area (Å²) < 4.78 is 39.5. The zero-order valence-corrected chi connectivity index (χ0v) is 16.2. The molecule has 7 heteroatoms. The third-order valence-electron chi connectivity index (χ3n) is 4.21. The standard InChI is InChI=1S/C21H19FN2O3S/c1-15-13-17(16-9-5-3-6-10-16)14-19(20(15)22)21(25)24(2)23-28(26,27)18-11-7-4-8-12-18/h3-14,23H,1-2H3. The Balaban J connectivity index is 1.92. The molecule has 3 rings (SSSR count). The second kappa shape index (κ2) is 7.92. The zero-order valence-electron chi connectivity index (χ0n) is 15.4. The average molecular weight is 398 g/mol. The molecule has 3 aromatic rings. The Bertz CT molecular complexity index is 1100. The molecule has 0 aliphatic heterocycles. The summed E-state index contributed by atoms with van der Waals surface area (Å²) in [4.78, 5) is 14.9. The van der Waals surface area contributed by atoms with Crippen molar-refractivity contribution in [3.8, 4) is 11.1 Å². The van der Waals surface area contributed by atoms with Crippen molar-refractivity contribution >= 4 is 15.9 Å². The third kappa shape index (κ3) is 4.11. The highest BCUT2D eigenvalue weighted by Crippen LogP contribution is 2.25. The maximum atomic E-state index is 14.6. The van der Waals surface area contributed by atoms with Crippen molar-refractivity contribution in [1.29, 1.82) is 0 Å². The second-order valence-corrected chi connectivity index (χ2v) is 7.95. The first kappa shape index (κ1) is 19.7. The van der Waals surface area contributed by atoms with Crippen molar-refractivity contribution < 1.29 is 17.6 Å². The molecule has 3 aromatic carbocycles. The van der Waals surface area contributed by atoms with Gasteiger partial charge in [-0.2, -0.15) is 0 Å². The van der Waals surface area contributed by atoms with Gasteiger partial charge in [0.2, 0.25) is 0 Å². The minimum atomic E-state index is -3.97. The van der Waals surface area contributed by atoms with Crippen LogP contribution in [0.15, 0.2) is 77.7 Å². The van der Waals surface area contributed by atoms with E-state index in [9.17, 15) is 17.6 Å². The largest absolute Gasteiger partial charge is 0.271 e. The van der Waals surface area contributed by atoms with Gasteiger partial charge in [-0.1, -0.05) is 48.5 Å². The maximum Gasteiger partial charge on any atom is 0.271 e. The van der Waals surface area contributed by atoms with Crippen LogP contribution in [0.5, 0.6) is 0 Å². The highest BCUT2D eigenvalue weighted by atomic mass is 32.2. The molecule has 0 radical (unpaired) electrons. The van der Waals surface area contributed by atoms with Crippen molar-refractivity contribution in [2.24, 2.45) is 0 Å². The van der Waals surface area contributed by atoms with Gasteiger partial charge in [-0.3, -0.25) is 9.80 Å². The van der Waals surface area contributed by atoms with Crippen LogP contribution in [-0.2, 0) is 10.0 Å². The lowest BCUT2D eigenvalue weighted by Crippen LogP contribution is -2.43. The summed E-state index contributed by atoms with van der Waals surface area (Å²) in [5.41, 5.74) is 1.58. The van der Waals surface area contributed by atoms with Crippen LogP contribution in [-0.4, -0.2) is 26.4 Å². The van der Waals surface area contributed by atoms with E-state index < -0.39 is 21.7 Å². The van der Waals surface area contributed by atoms with E-state index in [1.54, 1.807) is 31.2 Å². The van der Waals surface area contributed by atoms with Gasteiger partial charge in [0.1, 0.15) is 5.82 Å². The fourth-order valence-corrected chi connectivity index (χ4v) is 3.84. The van der Waals surface area contributed by atoms with Gasteiger partial charge in [0.05, 0.1) is 10.5 Å². The van der Waals surface area contributed by atoms with E-state index >= 15 is 0 Å². The molecule has 0 aliphatic carbocycles. The summed E-state index contributed by atoms with van der Waals surface area (Å²) in [6.45, 7) is 1.56. The van der Waals surface area contributed by atoms with Gasteiger partial charge < -0.3 is 0 Å². The van der Waals surface area contributed by atoms with E-state index in [1.165, 1.54) is 25.2 Å². The second-order valence-electron chi connectivity index (χ2n) is 6.29. The fourth-order valence-electron chi connectivity index (χ4n) is 2.78. The summed E-state index contributed by atoms with van der Waals surface area (Å²) in [6.07, 6.45) is 0.